The Morgan fingerprint density at radius 1 is 1.22 bits per heavy atom. The molecule has 0 aliphatic rings. The van der Waals surface area contributed by atoms with Gasteiger partial charge in [0, 0.05) is 24.4 Å². The molecular formula is C15H18F3N5O3S. The first kappa shape index (κ1) is 22.3. The molecule has 2 heterocycles. The molecule has 2 aromatic heterocycles. The highest BCUT2D eigenvalue weighted by Crippen LogP contribution is 2.27. The van der Waals surface area contributed by atoms with Gasteiger partial charge < -0.3 is 10.4 Å². The Morgan fingerprint density at radius 3 is 2.30 bits per heavy atom. The first-order chi connectivity index (χ1) is 12.4. The predicted octanol–water partition coefficient (Wildman–Crippen LogP) is 3.19. The Bertz CT molecular complexity index is 760. The number of aromatic nitrogens is 3. The van der Waals surface area contributed by atoms with Gasteiger partial charge in [-0.1, -0.05) is 38.2 Å². The molecule has 0 saturated carbocycles. The molecule has 0 spiro atoms. The molecule has 27 heavy (non-hydrogen) atoms. The van der Waals surface area contributed by atoms with Crippen molar-refractivity contribution in [3.63, 3.8) is 0 Å². The van der Waals surface area contributed by atoms with Crippen LogP contribution in [0.5, 0.6) is 0 Å². The second-order valence-electron chi connectivity index (χ2n) is 6.13. The molecule has 148 valence electrons. The van der Waals surface area contributed by atoms with E-state index >= 15 is 0 Å². The molecule has 0 saturated heterocycles. The number of halogens is 3. The van der Waals surface area contributed by atoms with Crippen LogP contribution in [0.3, 0.4) is 0 Å². The monoisotopic (exact) mass is 405 g/mol. The highest BCUT2D eigenvalue weighted by Gasteiger charge is 2.38. The van der Waals surface area contributed by atoms with Crippen LogP contribution < -0.4 is 10.6 Å². The van der Waals surface area contributed by atoms with E-state index in [-0.39, 0.29) is 11.4 Å². The Balaban J connectivity index is 0.000000445. The van der Waals surface area contributed by atoms with Gasteiger partial charge in [0.2, 0.25) is 5.13 Å². The van der Waals surface area contributed by atoms with Gasteiger partial charge in [0.05, 0.1) is 0 Å². The van der Waals surface area contributed by atoms with E-state index in [0.29, 0.717) is 11.7 Å². The number of carbonyl (C=O) groups excluding carboxylic acids is 1. The largest absolute Gasteiger partial charge is 0.490 e. The first-order valence-corrected chi connectivity index (χ1v) is 8.29. The van der Waals surface area contributed by atoms with Crippen LogP contribution in [0, 0.1) is 0 Å². The Labute approximate surface area is 156 Å². The van der Waals surface area contributed by atoms with Gasteiger partial charge in [-0.25, -0.2) is 9.59 Å². The van der Waals surface area contributed by atoms with E-state index in [1.54, 1.807) is 12.4 Å². The summed E-state index contributed by atoms with van der Waals surface area (Å²) in [5, 5.41) is 22.0. The quantitative estimate of drug-likeness (QED) is 0.722. The fourth-order valence-corrected chi connectivity index (χ4v) is 2.20. The standard InChI is InChI=1S/C13H17N5OS.C2HF3O2/c1-13(2,3)10-17-18-12(20-10)16-11(19)15-8-9-5-4-6-14-7-9;3-2(4,5)1(6)7/h4-7H,8H2,1-3H3,(H2,15,16,18,19);(H,6,7). The van der Waals surface area contributed by atoms with Crippen molar-refractivity contribution in [3.8, 4) is 0 Å². The molecule has 8 nitrogen and oxygen atoms in total. The molecule has 0 aliphatic heterocycles. The van der Waals surface area contributed by atoms with Gasteiger partial charge in [-0.05, 0) is 11.6 Å². The molecule has 2 aromatic rings. The number of alkyl halides is 3. The van der Waals surface area contributed by atoms with Crippen molar-refractivity contribution in [2.45, 2.75) is 38.9 Å². The predicted molar refractivity (Wildman–Crippen MR) is 92.4 cm³/mol. The number of urea groups is 1. The number of aliphatic carboxylic acids is 1. The van der Waals surface area contributed by atoms with E-state index in [2.05, 4.69) is 46.6 Å². The molecule has 3 N–H and O–H groups in total. The summed E-state index contributed by atoms with van der Waals surface area (Å²) in [5.41, 5.74) is 0.874. The van der Waals surface area contributed by atoms with E-state index in [4.69, 9.17) is 9.90 Å². The van der Waals surface area contributed by atoms with Gasteiger partial charge in [0.15, 0.2) is 0 Å². The molecule has 0 fully saturated rings. The summed E-state index contributed by atoms with van der Waals surface area (Å²) in [5.74, 6) is -2.76. The number of anilines is 1. The van der Waals surface area contributed by atoms with Crippen LogP contribution >= 0.6 is 11.3 Å². The number of hydrogen-bond donors (Lipinski definition) is 3. The zero-order valence-corrected chi connectivity index (χ0v) is 15.5. The molecule has 2 amide bonds. The van der Waals surface area contributed by atoms with Crippen LogP contribution in [0.15, 0.2) is 24.5 Å². The number of hydrogen-bond acceptors (Lipinski definition) is 6. The Morgan fingerprint density at radius 2 is 1.85 bits per heavy atom. The molecule has 0 aliphatic carbocycles. The number of nitrogens with zero attached hydrogens (tertiary/aromatic N) is 3. The second-order valence-corrected chi connectivity index (χ2v) is 7.11. The number of pyridine rings is 1. The molecule has 0 radical (unpaired) electrons. The zero-order valence-electron chi connectivity index (χ0n) is 14.7. The van der Waals surface area contributed by atoms with E-state index < -0.39 is 12.1 Å². The summed E-state index contributed by atoms with van der Waals surface area (Å²) >= 11 is 1.38. The van der Waals surface area contributed by atoms with Crippen molar-refractivity contribution in [2.75, 3.05) is 5.32 Å². The van der Waals surface area contributed by atoms with Gasteiger partial charge in [-0.15, -0.1) is 10.2 Å². The average Bonchev–Trinajstić information content (AvgIpc) is 3.02. The second kappa shape index (κ2) is 9.26. The van der Waals surface area contributed by atoms with Gasteiger partial charge in [0.25, 0.3) is 0 Å². The Hall–Kier alpha value is -2.76. The topological polar surface area (TPSA) is 117 Å². The van der Waals surface area contributed by atoms with Crippen molar-refractivity contribution >= 4 is 28.5 Å². The maximum absolute atomic E-state index is 11.7. The molecule has 2 rings (SSSR count). The molecule has 0 unspecified atom stereocenters. The fraction of sp³-hybridized carbons (Fsp3) is 0.400. The highest BCUT2D eigenvalue weighted by atomic mass is 32.1. The molecule has 12 heteroatoms. The van der Waals surface area contributed by atoms with Crippen LogP contribution in [-0.4, -0.2) is 38.5 Å². The lowest BCUT2D eigenvalue weighted by atomic mass is 9.98. The molecule has 0 aromatic carbocycles. The number of nitrogens with one attached hydrogen (secondary N) is 2. The summed E-state index contributed by atoms with van der Waals surface area (Å²) in [4.78, 5) is 24.6. The van der Waals surface area contributed by atoms with Crippen LogP contribution in [0.25, 0.3) is 0 Å². The number of carboxylic acid groups (broad SMARTS) is 1. The van der Waals surface area contributed by atoms with Gasteiger partial charge in [0.1, 0.15) is 5.01 Å². The van der Waals surface area contributed by atoms with Crippen LogP contribution in [0.2, 0.25) is 0 Å². The smallest absolute Gasteiger partial charge is 0.475 e. The molecule has 0 atom stereocenters. The number of rotatable bonds is 3. The molecule has 0 bridgehead atoms. The van der Waals surface area contributed by atoms with Gasteiger partial charge in [-0.2, -0.15) is 13.2 Å². The third-order valence-corrected chi connectivity index (χ3v) is 3.97. The van der Waals surface area contributed by atoms with E-state index in [9.17, 15) is 18.0 Å². The third-order valence-electron chi connectivity index (χ3n) is 2.71. The average molecular weight is 405 g/mol. The van der Waals surface area contributed by atoms with Crippen LogP contribution in [-0.2, 0) is 16.8 Å². The third kappa shape index (κ3) is 8.44. The maximum Gasteiger partial charge on any atom is 0.490 e. The van der Waals surface area contributed by atoms with Crippen molar-refractivity contribution in [2.24, 2.45) is 0 Å². The summed E-state index contributed by atoms with van der Waals surface area (Å²) in [6.45, 7) is 6.59. The summed E-state index contributed by atoms with van der Waals surface area (Å²) in [6, 6.07) is 3.43. The van der Waals surface area contributed by atoms with Crippen molar-refractivity contribution in [1.82, 2.24) is 20.5 Å². The summed E-state index contributed by atoms with van der Waals surface area (Å²) < 4.78 is 31.7. The minimum absolute atomic E-state index is 0.0657. The normalized spacial score (nSPS) is 11.2. The van der Waals surface area contributed by atoms with E-state index in [1.165, 1.54) is 11.3 Å². The van der Waals surface area contributed by atoms with Crippen molar-refractivity contribution < 1.29 is 27.9 Å². The Kier molecular flexibility index (Phi) is 7.64. The lowest BCUT2D eigenvalue weighted by Gasteiger charge is -2.12. The van der Waals surface area contributed by atoms with Gasteiger partial charge in [-0.3, -0.25) is 10.3 Å². The number of amides is 2. The lowest BCUT2D eigenvalue weighted by Crippen LogP contribution is -2.28. The summed E-state index contributed by atoms with van der Waals surface area (Å²) in [7, 11) is 0. The minimum atomic E-state index is -5.08. The van der Waals surface area contributed by atoms with E-state index in [1.807, 2.05) is 12.1 Å². The number of carboxylic acids is 1. The van der Waals surface area contributed by atoms with Crippen LogP contribution in [0.4, 0.5) is 23.1 Å². The lowest BCUT2D eigenvalue weighted by molar-refractivity contribution is -0.192. The summed E-state index contributed by atoms with van der Waals surface area (Å²) in [6.07, 6.45) is -1.68. The van der Waals surface area contributed by atoms with E-state index in [0.717, 1.165) is 10.6 Å². The SMILES string of the molecule is CC(C)(C)c1nnc(NC(=O)NCc2cccnc2)s1.O=C(O)C(F)(F)F. The highest BCUT2D eigenvalue weighted by molar-refractivity contribution is 7.15. The van der Waals surface area contributed by atoms with Crippen LogP contribution in [0.1, 0.15) is 31.3 Å². The minimum Gasteiger partial charge on any atom is -0.475 e. The van der Waals surface area contributed by atoms with Crippen molar-refractivity contribution in [1.29, 1.82) is 0 Å². The zero-order chi connectivity index (χ0) is 20.7. The first-order valence-electron chi connectivity index (χ1n) is 7.47. The molecular weight excluding hydrogens is 387 g/mol. The number of carbonyl (C=O) groups is 2. The fourth-order valence-electron chi connectivity index (χ4n) is 1.40. The maximum atomic E-state index is 11.7. The van der Waals surface area contributed by atoms with Gasteiger partial charge >= 0.3 is 18.2 Å². The van der Waals surface area contributed by atoms with Crippen molar-refractivity contribution in [3.05, 3.63) is 35.1 Å².